The third-order valence-electron chi connectivity index (χ3n) is 3.79. The van der Waals surface area contributed by atoms with Crippen LogP contribution in [0, 0.1) is 5.41 Å². The molecule has 20 heavy (non-hydrogen) atoms. The topological polar surface area (TPSA) is 82.5 Å². The Balaban J connectivity index is 1.98. The quantitative estimate of drug-likeness (QED) is 0.851. The summed E-state index contributed by atoms with van der Waals surface area (Å²) in [6.45, 7) is 0.371. The zero-order valence-corrected chi connectivity index (χ0v) is 11.7. The van der Waals surface area contributed by atoms with Crippen molar-refractivity contribution >= 4 is 17.7 Å². The number of aromatic nitrogens is 1. The molecule has 0 bridgehead atoms. The fourth-order valence-electron chi connectivity index (χ4n) is 2.21. The molecule has 1 heterocycles. The third-order valence-corrected chi connectivity index (χ3v) is 3.79. The summed E-state index contributed by atoms with van der Waals surface area (Å²) in [5, 5.41) is 12.3. The Hall–Kier alpha value is -2.11. The second-order valence-corrected chi connectivity index (χ2v) is 5.42. The average molecular weight is 277 g/mol. The van der Waals surface area contributed by atoms with Crippen molar-refractivity contribution in [3.05, 3.63) is 23.9 Å². The molecule has 0 radical (unpaired) electrons. The minimum Gasteiger partial charge on any atom is -0.481 e. The molecule has 0 unspecified atom stereocenters. The first-order valence-corrected chi connectivity index (χ1v) is 6.60. The first-order valence-electron chi connectivity index (χ1n) is 6.60. The summed E-state index contributed by atoms with van der Waals surface area (Å²) in [4.78, 5) is 28.6. The second-order valence-electron chi connectivity index (χ2n) is 5.42. The number of nitrogens with zero attached hydrogens (tertiary/aromatic N) is 2. The molecule has 1 fully saturated rings. The highest BCUT2D eigenvalue weighted by atomic mass is 16.4. The Morgan fingerprint density at radius 2 is 2.10 bits per heavy atom. The minimum absolute atomic E-state index is 0.106. The normalized spacial score (nSPS) is 16.1. The second kappa shape index (κ2) is 5.48. The molecular weight excluding hydrogens is 258 g/mol. The fourth-order valence-corrected chi connectivity index (χ4v) is 2.21. The SMILES string of the molecule is CN(C)C(=O)c1ccc(NCC2(C(=O)O)CCC2)nc1. The van der Waals surface area contributed by atoms with E-state index in [-0.39, 0.29) is 5.91 Å². The predicted octanol–water partition coefficient (Wildman–Crippen LogP) is 1.45. The fraction of sp³-hybridized carbons (Fsp3) is 0.500. The van der Waals surface area contributed by atoms with Gasteiger partial charge in [0.2, 0.25) is 0 Å². The molecule has 6 heteroatoms. The zero-order chi connectivity index (χ0) is 14.8. The number of amides is 1. The molecule has 1 saturated carbocycles. The van der Waals surface area contributed by atoms with Crippen molar-refractivity contribution in [1.29, 1.82) is 0 Å². The summed E-state index contributed by atoms with van der Waals surface area (Å²) >= 11 is 0. The number of carbonyl (C=O) groups is 2. The van der Waals surface area contributed by atoms with Crippen molar-refractivity contribution in [2.24, 2.45) is 5.41 Å². The van der Waals surface area contributed by atoms with Crippen molar-refractivity contribution in [3.8, 4) is 0 Å². The van der Waals surface area contributed by atoms with Crippen molar-refractivity contribution in [1.82, 2.24) is 9.88 Å². The standard InChI is InChI=1S/C14H19N3O3/c1-17(2)12(18)10-4-5-11(15-8-10)16-9-14(13(19)20)6-3-7-14/h4-5,8H,3,6-7,9H2,1-2H3,(H,15,16)(H,19,20). The number of hydrogen-bond acceptors (Lipinski definition) is 4. The molecule has 6 nitrogen and oxygen atoms in total. The molecule has 0 spiro atoms. The van der Waals surface area contributed by atoms with Gasteiger partial charge in [-0.3, -0.25) is 9.59 Å². The third kappa shape index (κ3) is 2.74. The largest absolute Gasteiger partial charge is 0.481 e. The minimum atomic E-state index is -0.754. The molecule has 108 valence electrons. The number of pyridine rings is 1. The van der Waals surface area contributed by atoms with Gasteiger partial charge in [0.1, 0.15) is 5.82 Å². The number of hydrogen-bond donors (Lipinski definition) is 2. The molecule has 2 N–H and O–H groups in total. The van der Waals surface area contributed by atoms with Gasteiger partial charge in [0, 0.05) is 26.8 Å². The van der Waals surface area contributed by atoms with Crippen LogP contribution >= 0.6 is 0 Å². The van der Waals surface area contributed by atoms with Crippen molar-refractivity contribution in [2.75, 3.05) is 26.0 Å². The van der Waals surface area contributed by atoms with Gasteiger partial charge in [-0.1, -0.05) is 6.42 Å². The van der Waals surface area contributed by atoms with Gasteiger partial charge in [-0.05, 0) is 25.0 Å². The van der Waals surface area contributed by atoms with Gasteiger partial charge in [-0.25, -0.2) is 4.98 Å². The molecule has 1 aromatic rings. The predicted molar refractivity (Wildman–Crippen MR) is 74.7 cm³/mol. The van der Waals surface area contributed by atoms with Gasteiger partial charge in [0.15, 0.2) is 0 Å². The van der Waals surface area contributed by atoms with E-state index in [4.69, 9.17) is 0 Å². The maximum absolute atomic E-state index is 11.7. The van der Waals surface area contributed by atoms with Crippen LogP contribution in [0.1, 0.15) is 29.6 Å². The van der Waals surface area contributed by atoms with Gasteiger partial charge >= 0.3 is 5.97 Å². The Morgan fingerprint density at radius 3 is 2.50 bits per heavy atom. The maximum atomic E-state index is 11.7. The lowest BCUT2D eigenvalue weighted by atomic mass is 9.69. The molecule has 1 aliphatic carbocycles. The summed E-state index contributed by atoms with van der Waals surface area (Å²) in [5.74, 6) is -0.270. The van der Waals surface area contributed by atoms with E-state index in [2.05, 4.69) is 10.3 Å². The number of anilines is 1. The number of carbonyl (C=O) groups excluding carboxylic acids is 1. The molecule has 1 aromatic heterocycles. The molecule has 0 saturated heterocycles. The molecular formula is C14H19N3O3. The van der Waals surface area contributed by atoms with E-state index in [9.17, 15) is 14.7 Å². The molecule has 2 rings (SSSR count). The van der Waals surface area contributed by atoms with E-state index in [0.29, 0.717) is 30.8 Å². The lowest BCUT2D eigenvalue weighted by Crippen LogP contribution is -2.43. The first-order chi connectivity index (χ1) is 9.44. The number of aliphatic carboxylic acids is 1. The van der Waals surface area contributed by atoms with E-state index >= 15 is 0 Å². The highest BCUT2D eigenvalue weighted by Crippen LogP contribution is 2.41. The Morgan fingerprint density at radius 1 is 1.40 bits per heavy atom. The summed E-state index contributed by atoms with van der Waals surface area (Å²) < 4.78 is 0. The van der Waals surface area contributed by atoms with Crippen LogP contribution in [0.4, 0.5) is 5.82 Å². The summed E-state index contributed by atoms with van der Waals surface area (Å²) in [5.41, 5.74) is -0.142. The van der Waals surface area contributed by atoms with Gasteiger partial charge in [-0.2, -0.15) is 0 Å². The lowest BCUT2D eigenvalue weighted by Gasteiger charge is -2.37. The molecule has 0 aromatic carbocycles. The van der Waals surface area contributed by atoms with Crippen LogP contribution in [0.5, 0.6) is 0 Å². The summed E-state index contributed by atoms with van der Waals surface area (Å²) in [7, 11) is 3.36. The van der Waals surface area contributed by atoms with Crippen LogP contribution in [0.2, 0.25) is 0 Å². The van der Waals surface area contributed by atoms with Gasteiger partial charge in [0.05, 0.1) is 11.0 Å². The number of carboxylic acids is 1. The molecule has 0 atom stereocenters. The van der Waals surface area contributed by atoms with E-state index in [0.717, 1.165) is 6.42 Å². The Kier molecular flexibility index (Phi) is 3.92. The van der Waals surface area contributed by atoms with E-state index < -0.39 is 11.4 Å². The van der Waals surface area contributed by atoms with Crippen molar-refractivity contribution in [3.63, 3.8) is 0 Å². The van der Waals surface area contributed by atoms with Gasteiger partial charge in [-0.15, -0.1) is 0 Å². The monoisotopic (exact) mass is 277 g/mol. The average Bonchev–Trinajstić information content (AvgIpc) is 2.36. The van der Waals surface area contributed by atoms with Crippen LogP contribution in [0.3, 0.4) is 0 Å². The molecule has 0 aliphatic heterocycles. The number of nitrogens with one attached hydrogen (secondary N) is 1. The smallest absolute Gasteiger partial charge is 0.311 e. The zero-order valence-electron chi connectivity index (χ0n) is 11.7. The van der Waals surface area contributed by atoms with E-state index in [1.54, 1.807) is 26.2 Å². The lowest BCUT2D eigenvalue weighted by molar-refractivity contribution is -0.153. The van der Waals surface area contributed by atoms with Crippen molar-refractivity contribution in [2.45, 2.75) is 19.3 Å². The summed E-state index contributed by atoms with van der Waals surface area (Å²) in [6.07, 6.45) is 3.86. The highest BCUT2D eigenvalue weighted by Gasteiger charge is 2.44. The first kappa shape index (κ1) is 14.3. The molecule has 1 amide bonds. The Labute approximate surface area is 117 Å². The van der Waals surface area contributed by atoms with E-state index in [1.807, 2.05) is 0 Å². The maximum Gasteiger partial charge on any atom is 0.311 e. The Bertz CT molecular complexity index is 507. The number of rotatable bonds is 5. The highest BCUT2D eigenvalue weighted by molar-refractivity contribution is 5.93. The van der Waals surface area contributed by atoms with Crippen LogP contribution in [-0.4, -0.2) is 47.5 Å². The van der Waals surface area contributed by atoms with Crippen LogP contribution in [0.25, 0.3) is 0 Å². The van der Waals surface area contributed by atoms with Gasteiger partial charge < -0.3 is 15.3 Å². The number of carboxylic acid groups (broad SMARTS) is 1. The van der Waals surface area contributed by atoms with Crippen LogP contribution < -0.4 is 5.32 Å². The van der Waals surface area contributed by atoms with Crippen LogP contribution in [0.15, 0.2) is 18.3 Å². The summed E-state index contributed by atoms with van der Waals surface area (Å²) in [6, 6.07) is 3.39. The van der Waals surface area contributed by atoms with E-state index in [1.165, 1.54) is 11.1 Å². The van der Waals surface area contributed by atoms with Crippen molar-refractivity contribution < 1.29 is 14.7 Å². The van der Waals surface area contributed by atoms with Crippen LogP contribution in [-0.2, 0) is 4.79 Å². The molecule has 1 aliphatic rings. The van der Waals surface area contributed by atoms with Gasteiger partial charge in [0.25, 0.3) is 5.91 Å².